The second-order valence-electron chi connectivity index (χ2n) is 3.50. The number of hydrogen-bond acceptors (Lipinski definition) is 4. The number of rotatable bonds is 3. The smallest absolute Gasteiger partial charge is 0.287 e. The number of halogens is 1. The summed E-state index contributed by atoms with van der Waals surface area (Å²) in [5.74, 6) is 0.505. The zero-order valence-electron chi connectivity index (χ0n) is 9.40. The Hall–Kier alpha value is -1.47. The summed E-state index contributed by atoms with van der Waals surface area (Å²) >= 11 is 3.23. The van der Waals surface area contributed by atoms with E-state index in [1.807, 2.05) is 6.92 Å². The van der Waals surface area contributed by atoms with Gasteiger partial charge in [-0.15, -0.1) is 0 Å². The Kier molecular flexibility index (Phi) is 3.39. The van der Waals surface area contributed by atoms with E-state index in [1.54, 1.807) is 13.2 Å². The zero-order valence-corrected chi connectivity index (χ0v) is 11.0. The number of aromatic amines is 1. The number of nitrogens with zero attached hydrogens (tertiary/aromatic N) is 3. The topological polar surface area (TPSA) is 72.8 Å². The lowest BCUT2D eigenvalue weighted by Crippen LogP contribution is -2.16. The molecule has 17 heavy (non-hydrogen) atoms. The van der Waals surface area contributed by atoms with Gasteiger partial charge in [0, 0.05) is 18.9 Å². The Morgan fingerprint density at radius 1 is 1.53 bits per heavy atom. The van der Waals surface area contributed by atoms with Crippen molar-refractivity contribution in [1.29, 1.82) is 0 Å². The van der Waals surface area contributed by atoms with Crippen LogP contribution in [0.5, 0.6) is 0 Å². The van der Waals surface area contributed by atoms with Gasteiger partial charge >= 0.3 is 0 Å². The van der Waals surface area contributed by atoms with Gasteiger partial charge in [0.25, 0.3) is 5.56 Å². The SMILES string of the molecule is COCc1[nH]n(-c2cc(C)ncn2)c(=O)c1Br. The van der Waals surface area contributed by atoms with Gasteiger partial charge in [-0.2, -0.15) is 0 Å². The van der Waals surface area contributed by atoms with E-state index < -0.39 is 0 Å². The van der Waals surface area contributed by atoms with Crippen molar-refractivity contribution in [1.82, 2.24) is 19.7 Å². The van der Waals surface area contributed by atoms with E-state index in [0.717, 1.165) is 5.69 Å². The first-order chi connectivity index (χ1) is 8.13. The second kappa shape index (κ2) is 4.80. The first-order valence-corrected chi connectivity index (χ1v) is 5.70. The summed E-state index contributed by atoms with van der Waals surface area (Å²) in [7, 11) is 1.57. The molecule has 1 N–H and O–H groups in total. The van der Waals surface area contributed by atoms with E-state index >= 15 is 0 Å². The normalized spacial score (nSPS) is 10.8. The standard InChI is InChI=1S/C10H11BrN4O2/c1-6-3-8(13-5-12-6)15-10(16)9(11)7(14-15)4-17-2/h3,5,14H,4H2,1-2H3. The lowest BCUT2D eigenvalue weighted by atomic mass is 10.4. The van der Waals surface area contributed by atoms with Crippen molar-refractivity contribution in [2.45, 2.75) is 13.5 Å². The molecular weight excluding hydrogens is 288 g/mol. The van der Waals surface area contributed by atoms with Crippen molar-refractivity contribution < 1.29 is 4.74 Å². The van der Waals surface area contributed by atoms with Crippen LogP contribution in [-0.4, -0.2) is 26.9 Å². The van der Waals surface area contributed by atoms with Crippen LogP contribution in [-0.2, 0) is 11.3 Å². The monoisotopic (exact) mass is 298 g/mol. The molecule has 0 fully saturated rings. The fourth-order valence-corrected chi connectivity index (χ4v) is 1.81. The quantitative estimate of drug-likeness (QED) is 0.923. The molecule has 0 saturated carbocycles. The molecule has 2 heterocycles. The minimum absolute atomic E-state index is 0.199. The minimum atomic E-state index is -0.199. The maximum Gasteiger partial charge on any atom is 0.287 e. The Morgan fingerprint density at radius 3 is 2.94 bits per heavy atom. The van der Waals surface area contributed by atoms with Crippen LogP contribution in [0.2, 0.25) is 0 Å². The predicted molar refractivity (Wildman–Crippen MR) is 65.1 cm³/mol. The van der Waals surface area contributed by atoms with Gasteiger partial charge in [-0.3, -0.25) is 9.89 Å². The summed E-state index contributed by atoms with van der Waals surface area (Å²) in [6.45, 7) is 2.16. The van der Waals surface area contributed by atoms with Crippen LogP contribution < -0.4 is 5.56 Å². The molecule has 2 aromatic rings. The molecule has 0 aromatic carbocycles. The van der Waals surface area contributed by atoms with Crippen LogP contribution in [0.3, 0.4) is 0 Å². The van der Waals surface area contributed by atoms with Gasteiger partial charge < -0.3 is 4.74 Å². The van der Waals surface area contributed by atoms with E-state index in [4.69, 9.17) is 4.74 Å². The summed E-state index contributed by atoms with van der Waals surface area (Å²) in [5, 5.41) is 2.94. The van der Waals surface area contributed by atoms with Gasteiger partial charge in [0.15, 0.2) is 5.82 Å². The molecule has 0 bridgehead atoms. The van der Waals surface area contributed by atoms with Gasteiger partial charge in [-0.25, -0.2) is 14.6 Å². The fourth-order valence-electron chi connectivity index (χ4n) is 1.43. The van der Waals surface area contributed by atoms with Gasteiger partial charge in [0.1, 0.15) is 10.8 Å². The number of methoxy groups -OCH3 is 1. The minimum Gasteiger partial charge on any atom is -0.378 e. The summed E-state index contributed by atoms with van der Waals surface area (Å²) in [4.78, 5) is 20.0. The number of aromatic nitrogens is 4. The van der Waals surface area contributed by atoms with Gasteiger partial charge in [-0.05, 0) is 22.9 Å². The lowest BCUT2D eigenvalue weighted by Gasteiger charge is -2.00. The highest BCUT2D eigenvalue weighted by molar-refractivity contribution is 9.10. The summed E-state index contributed by atoms with van der Waals surface area (Å²) in [6.07, 6.45) is 1.42. The molecule has 7 heteroatoms. The predicted octanol–water partition coefficient (Wildman–Crippen LogP) is 1.17. The summed E-state index contributed by atoms with van der Waals surface area (Å²) in [6, 6.07) is 1.72. The molecule has 0 unspecified atom stereocenters. The highest BCUT2D eigenvalue weighted by Crippen LogP contribution is 2.12. The summed E-state index contributed by atoms with van der Waals surface area (Å²) < 4.78 is 6.80. The third kappa shape index (κ3) is 2.29. The van der Waals surface area contributed by atoms with Crippen molar-refractivity contribution in [2.24, 2.45) is 0 Å². The Balaban J connectivity index is 2.53. The van der Waals surface area contributed by atoms with Gasteiger partial charge in [0.05, 0.1) is 12.3 Å². The Morgan fingerprint density at radius 2 is 2.29 bits per heavy atom. The Bertz CT molecular complexity index is 590. The van der Waals surface area contributed by atoms with Crippen LogP contribution in [0.15, 0.2) is 21.7 Å². The van der Waals surface area contributed by atoms with Crippen molar-refractivity contribution in [3.63, 3.8) is 0 Å². The fraction of sp³-hybridized carbons (Fsp3) is 0.300. The van der Waals surface area contributed by atoms with Crippen LogP contribution in [0.1, 0.15) is 11.4 Å². The van der Waals surface area contributed by atoms with E-state index in [2.05, 4.69) is 31.0 Å². The van der Waals surface area contributed by atoms with Gasteiger partial charge in [-0.1, -0.05) is 0 Å². The molecule has 0 aliphatic carbocycles. The molecule has 2 rings (SSSR count). The van der Waals surface area contributed by atoms with E-state index in [-0.39, 0.29) is 5.56 Å². The first-order valence-electron chi connectivity index (χ1n) is 4.91. The second-order valence-corrected chi connectivity index (χ2v) is 4.29. The van der Waals surface area contributed by atoms with Crippen LogP contribution in [0.25, 0.3) is 5.82 Å². The van der Waals surface area contributed by atoms with Crippen molar-refractivity contribution in [3.05, 3.63) is 38.6 Å². The maximum atomic E-state index is 11.9. The third-order valence-corrected chi connectivity index (χ3v) is 3.03. The molecule has 0 amide bonds. The van der Waals surface area contributed by atoms with Gasteiger partial charge in [0.2, 0.25) is 0 Å². The molecule has 6 nitrogen and oxygen atoms in total. The molecule has 0 spiro atoms. The number of H-pyrrole nitrogens is 1. The number of ether oxygens (including phenoxy) is 1. The molecule has 0 saturated heterocycles. The maximum absolute atomic E-state index is 11.9. The van der Waals surface area contributed by atoms with Crippen LogP contribution in [0.4, 0.5) is 0 Å². The average Bonchev–Trinajstić information content (AvgIpc) is 2.58. The van der Waals surface area contributed by atoms with E-state index in [9.17, 15) is 4.79 Å². The number of aryl methyl sites for hydroxylation is 1. The molecule has 0 aliphatic rings. The van der Waals surface area contributed by atoms with Crippen LogP contribution in [0, 0.1) is 6.92 Å². The third-order valence-electron chi connectivity index (χ3n) is 2.21. The summed E-state index contributed by atoms with van der Waals surface area (Å²) in [5.41, 5.74) is 1.27. The highest BCUT2D eigenvalue weighted by atomic mass is 79.9. The van der Waals surface area contributed by atoms with Crippen molar-refractivity contribution in [3.8, 4) is 5.82 Å². The average molecular weight is 299 g/mol. The molecule has 2 aromatic heterocycles. The van der Waals surface area contributed by atoms with E-state index in [0.29, 0.717) is 22.6 Å². The molecule has 0 radical (unpaired) electrons. The molecular formula is C10H11BrN4O2. The molecule has 0 atom stereocenters. The van der Waals surface area contributed by atoms with Crippen LogP contribution >= 0.6 is 15.9 Å². The lowest BCUT2D eigenvalue weighted by molar-refractivity contribution is 0.180. The number of hydrogen-bond donors (Lipinski definition) is 1. The van der Waals surface area contributed by atoms with E-state index in [1.165, 1.54) is 11.0 Å². The zero-order chi connectivity index (χ0) is 12.4. The first kappa shape index (κ1) is 12.0. The highest BCUT2D eigenvalue weighted by Gasteiger charge is 2.13. The largest absolute Gasteiger partial charge is 0.378 e. The molecule has 0 aliphatic heterocycles. The molecule has 90 valence electrons. The number of nitrogens with one attached hydrogen (secondary N) is 1. The van der Waals surface area contributed by atoms with Crippen molar-refractivity contribution in [2.75, 3.05) is 7.11 Å². The Labute approximate surface area is 106 Å². The van der Waals surface area contributed by atoms with Crippen molar-refractivity contribution >= 4 is 15.9 Å².